The minimum Gasteiger partial charge on any atom is -0.726 e. The quantitative estimate of drug-likeness (QED) is 0.526. The van der Waals surface area contributed by atoms with E-state index in [1.165, 1.54) is 0 Å². The summed E-state index contributed by atoms with van der Waals surface area (Å²) in [6.07, 6.45) is -0.635. The van der Waals surface area contributed by atoms with E-state index in [9.17, 15) is 13.0 Å². The van der Waals surface area contributed by atoms with Crippen molar-refractivity contribution in [2.45, 2.75) is 37.5 Å². The lowest BCUT2D eigenvalue weighted by Crippen LogP contribution is -3.11. The lowest BCUT2D eigenvalue weighted by molar-refractivity contribution is -0.935. The molecule has 10 heteroatoms. The van der Waals surface area contributed by atoms with Crippen molar-refractivity contribution in [2.24, 2.45) is 0 Å². The van der Waals surface area contributed by atoms with Crippen LogP contribution in [0.4, 0.5) is 0 Å². The summed E-state index contributed by atoms with van der Waals surface area (Å²) in [5, 5.41) is 0. The molecule has 0 saturated carbocycles. The first kappa shape index (κ1) is 19.2. The van der Waals surface area contributed by atoms with Crippen LogP contribution >= 0.6 is 0 Å². The Morgan fingerprint density at radius 3 is 2.58 bits per heavy atom. The van der Waals surface area contributed by atoms with Crippen LogP contribution in [0, 0.1) is 0 Å². The molecule has 1 N–H and O–H groups in total. The average Bonchev–Trinajstić information content (AvgIpc) is 3.34. The molecular weight excluding hydrogens is 426 g/mol. The molecule has 0 fully saturated rings. The van der Waals surface area contributed by atoms with Gasteiger partial charge in [0.2, 0.25) is 24.0 Å². The molecule has 3 aliphatic heterocycles. The van der Waals surface area contributed by atoms with E-state index >= 15 is 0 Å². The van der Waals surface area contributed by atoms with E-state index in [1.54, 1.807) is 0 Å². The van der Waals surface area contributed by atoms with Gasteiger partial charge in [-0.05, 0) is 36.2 Å². The molecule has 4 aliphatic rings. The third-order valence-electron chi connectivity index (χ3n) is 7.02. The normalized spacial score (nSPS) is 29.8. The zero-order valence-corrected chi connectivity index (χ0v) is 17.8. The monoisotopic (exact) mass is 447 g/mol. The Morgan fingerprint density at radius 1 is 1.10 bits per heavy atom. The predicted molar refractivity (Wildman–Crippen MR) is 104 cm³/mol. The molecule has 3 heterocycles. The Bertz CT molecular complexity index is 1210. The van der Waals surface area contributed by atoms with Gasteiger partial charge in [-0.15, -0.1) is 0 Å². The fraction of sp³-hybridized carbons (Fsp3) is 0.429. The number of quaternary nitrogens is 1. The van der Waals surface area contributed by atoms with Crippen molar-refractivity contribution in [3.63, 3.8) is 0 Å². The van der Waals surface area contributed by atoms with Gasteiger partial charge in [-0.1, -0.05) is 6.07 Å². The molecule has 4 atom stereocenters. The second-order valence-electron chi connectivity index (χ2n) is 8.67. The number of fused-ring (bicyclic) bond motifs is 8. The summed E-state index contributed by atoms with van der Waals surface area (Å²) in [6, 6.07) is 7.44. The van der Waals surface area contributed by atoms with Gasteiger partial charge in [0, 0.05) is 12.0 Å². The first-order chi connectivity index (χ1) is 14.8. The molecule has 1 aliphatic carbocycles. The number of hydrogen-bond acceptors (Lipinski definition) is 8. The van der Waals surface area contributed by atoms with Crippen LogP contribution in [0.2, 0.25) is 0 Å². The van der Waals surface area contributed by atoms with Gasteiger partial charge >= 0.3 is 0 Å². The zero-order chi connectivity index (χ0) is 21.5. The largest absolute Gasteiger partial charge is 0.726 e. The van der Waals surface area contributed by atoms with E-state index in [0.29, 0.717) is 29.5 Å². The Kier molecular flexibility index (Phi) is 3.87. The number of rotatable bonds is 2. The van der Waals surface area contributed by atoms with Crippen molar-refractivity contribution in [2.75, 3.05) is 20.6 Å². The molecule has 2 unspecified atom stereocenters. The van der Waals surface area contributed by atoms with Gasteiger partial charge in [-0.25, -0.2) is 8.42 Å². The molecule has 2 aromatic carbocycles. The maximum Gasteiger partial charge on any atom is 0.231 e. The Labute approximate surface area is 179 Å². The third kappa shape index (κ3) is 2.68. The van der Waals surface area contributed by atoms with Crippen LogP contribution in [0.3, 0.4) is 0 Å². The zero-order valence-electron chi connectivity index (χ0n) is 17.0. The first-order valence-electron chi connectivity index (χ1n) is 10.1. The third-order valence-corrected chi connectivity index (χ3v) is 7.49. The highest BCUT2D eigenvalue weighted by Crippen LogP contribution is 2.54. The van der Waals surface area contributed by atoms with E-state index in [4.69, 9.17) is 23.1 Å². The van der Waals surface area contributed by atoms with E-state index in [1.807, 2.05) is 38.2 Å². The molecule has 0 spiro atoms. The smallest absolute Gasteiger partial charge is 0.231 e. The topological polar surface area (TPSA) is 108 Å². The van der Waals surface area contributed by atoms with E-state index in [-0.39, 0.29) is 26.0 Å². The average molecular weight is 447 g/mol. The van der Waals surface area contributed by atoms with Crippen LogP contribution in [-0.2, 0) is 33.0 Å². The van der Waals surface area contributed by atoms with Crippen LogP contribution in [-0.4, -0.2) is 39.7 Å². The molecule has 0 aromatic heterocycles. The number of hydrogen-bond donors (Lipinski definition) is 1. The molecule has 0 saturated heterocycles. The van der Waals surface area contributed by atoms with Crippen LogP contribution < -0.4 is 23.8 Å². The molecule has 164 valence electrons. The summed E-state index contributed by atoms with van der Waals surface area (Å²) in [4.78, 5) is 1.12. The van der Waals surface area contributed by atoms with Crippen LogP contribution in [0.5, 0.6) is 23.0 Å². The van der Waals surface area contributed by atoms with Crippen molar-refractivity contribution in [3.05, 3.63) is 46.5 Å². The van der Waals surface area contributed by atoms with Crippen LogP contribution in [0.15, 0.2) is 24.3 Å². The number of benzene rings is 2. The minimum absolute atomic E-state index is 0.143. The fourth-order valence-electron chi connectivity index (χ4n) is 5.84. The maximum absolute atomic E-state index is 11.7. The molecule has 31 heavy (non-hydrogen) atoms. The van der Waals surface area contributed by atoms with Crippen molar-refractivity contribution in [1.82, 2.24) is 0 Å². The second kappa shape index (κ2) is 6.26. The molecule has 2 aromatic rings. The van der Waals surface area contributed by atoms with Crippen molar-refractivity contribution < 1.29 is 41.0 Å². The summed E-state index contributed by atoms with van der Waals surface area (Å²) in [5.74, 6) is 2.63. The maximum atomic E-state index is 11.7. The summed E-state index contributed by atoms with van der Waals surface area (Å²) < 4.78 is 62.8. The van der Waals surface area contributed by atoms with Gasteiger partial charge in [0.05, 0.1) is 24.1 Å². The SMILES string of the molecule is C[NH+]1Cc2c(ccc3c2OCO3)[C@]2(C)C1c1cc3c(cc1C[C@@H]2OS(=O)(=O)[O-])OCO3. The van der Waals surface area contributed by atoms with Crippen molar-refractivity contribution in [3.8, 4) is 23.0 Å². The summed E-state index contributed by atoms with van der Waals surface area (Å²) in [6.45, 7) is 2.90. The first-order valence-corrected chi connectivity index (χ1v) is 11.4. The standard InChI is InChI=1S/C21H21NO8S/c1-21-14-3-4-15-19(29-10-26-15)13(14)8-22(2)20(21)12-7-17-16(27-9-28-17)5-11(12)6-18(21)30-31(23,24)25/h3-5,7,18,20H,6,8-10H2,1-2H3,(H,23,24,25)/t18-,20?,21-/m0/s1. The van der Waals surface area contributed by atoms with E-state index < -0.39 is 21.9 Å². The van der Waals surface area contributed by atoms with Crippen LogP contribution in [0.25, 0.3) is 0 Å². The van der Waals surface area contributed by atoms with Gasteiger partial charge in [0.15, 0.2) is 23.0 Å². The number of ether oxygens (including phenoxy) is 4. The molecular formula is C21H21NO8S. The second-order valence-corrected chi connectivity index (χ2v) is 9.67. The van der Waals surface area contributed by atoms with Crippen molar-refractivity contribution in [1.29, 1.82) is 0 Å². The van der Waals surface area contributed by atoms with Crippen LogP contribution in [0.1, 0.15) is 35.2 Å². The van der Waals surface area contributed by atoms with Gasteiger partial charge in [-0.2, -0.15) is 0 Å². The number of nitrogens with one attached hydrogen (secondary N) is 1. The predicted octanol–water partition coefficient (Wildman–Crippen LogP) is 0.573. The summed E-state index contributed by atoms with van der Waals surface area (Å²) in [7, 11) is -2.88. The Balaban J connectivity index is 1.60. The van der Waals surface area contributed by atoms with Gasteiger partial charge < -0.3 is 28.4 Å². The highest BCUT2D eigenvalue weighted by molar-refractivity contribution is 7.80. The van der Waals surface area contributed by atoms with Crippen molar-refractivity contribution >= 4 is 10.4 Å². The highest BCUT2D eigenvalue weighted by atomic mass is 32.3. The molecule has 9 nitrogen and oxygen atoms in total. The van der Waals surface area contributed by atoms with Gasteiger partial charge in [0.25, 0.3) is 0 Å². The Morgan fingerprint density at radius 2 is 1.81 bits per heavy atom. The van der Waals surface area contributed by atoms with Gasteiger partial charge in [-0.3, -0.25) is 4.18 Å². The molecule has 0 radical (unpaired) electrons. The summed E-state index contributed by atoms with van der Waals surface area (Å²) in [5.41, 5.74) is 2.98. The van der Waals surface area contributed by atoms with E-state index in [2.05, 4.69) is 0 Å². The molecule has 6 rings (SSSR count). The number of likely N-dealkylation sites (N-methyl/N-ethyl adjacent to an activating group) is 1. The Hall–Kier alpha value is -2.53. The highest BCUT2D eigenvalue weighted by Gasteiger charge is 2.58. The van der Waals surface area contributed by atoms with E-state index in [0.717, 1.165) is 27.2 Å². The molecule has 0 amide bonds. The lowest BCUT2D eigenvalue weighted by atomic mass is 9.60. The fourth-order valence-corrected chi connectivity index (χ4v) is 6.39. The summed E-state index contributed by atoms with van der Waals surface area (Å²) >= 11 is 0. The lowest BCUT2D eigenvalue weighted by Gasteiger charge is -2.52. The van der Waals surface area contributed by atoms with Gasteiger partial charge in [0.1, 0.15) is 12.6 Å². The minimum atomic E-state index is -4.93. The molecule has 0 bridgehead atoms.